The van der Waals surface area contributed by atoms with Crippen LogP contribution < -0.4 is 4.90 Å². The van der Waals surface area contributed by atoms with Crippen LogP contribution >= 0.6 is 0 Å². The zero-order valence-electron chi connectivity index (χ0n) is 20.4. The number of hydrogen-bond acceptors (Lipinski definition) is 5. The summed E-state index contributed by atoms with van der Waals surface area (Å²) in [4.78, 5) is 15.6. The van der Waals surface area contributed by atoms with E-state index in [1.165, 1.54) is 5.69 Å². The van der Waals surface area contributed by atoms with Crippen molar-refractivity contribution in [3.63, 3.8) is 0 Å². The lowest BCUT2D eigenvalue weighted by Crippen LogP contribution is -2.45. The Morgan fingerprint density at radius 3 is 2.51 bits per heavy atom. The number of dihydropyridines is 1. The zero-order valence-corrected chi connectivity index (χ0v) is 20.4. The van der Waals surface area contributed by atoms with Gasteiger partial charge in [0.15, 0.2) is 0 Å². The third kappa shape index (κ3) is 3.98. The van der Waals surface area contributed by atoms with Crippen LogP contribution in [0.4, 0.5) is 5.69 Å². The minimum absolute atomic E-state index is 0.0637. The van der Waals surface area contributed by atoms with Gasteiger partial charge in [0.25, 0.3) is 0 Å². The second-order valence-electron chi connectivity index (χ2n) is 9.54. The molecule has 1 saturated heterocycles. The maximum Gasteiger partial charge on any atom is 0.140 e. The van der Waals surface area contributed by atoms with E-state index in [0.29, 0.717) is 0 Å². The van der Waals surface area contributed by atoms with Crippen LogP contribution in [0.15, 0.2) is 77.1 Å². The molecule has 0 spiro atoms. The van der Waals surface area contributed by atoms with E-state index < -0.39 is 0 Å². The fourth-order valence-electron chi connectivity index (χ4n) is 5.47. The summed E-state index contributed by atoms with van der Waals surface area (Å²) in [6.45, 7) is 6.08. The molecule has 6 nitrogen and oxygen atoms in total. The highest BCUT2D eigenvalue weighted by Gasteiger charge is 2.31. The highest BCUT2D eigenvalue weighted by Crippen LogP contribution is 2.41. The van der Waals surface area contributed by atoms with E-state index >= 15 is 0 Å². The minimum Gasteiger partial charge on any atom is -0.500 e. The summed E-state index contributed by atoms with van der Waals surface area (Å²) in [5, 5.41) is 0. The predicted molar refractivity (Wildman–Crippen MR) is 141 cm³/mol. The van der Waals surface area contributed by atoms with Gasteiger partial charge in [0.2, 0.25) is 0 Å². The number of H-pyrrole nitrogens is 1. The van der Waals surface area contributed by atoms with Gasteiger partial charge in [-0.2, -0.15) is 0 Å². The molecule has 0 amide bonds. The first kappa shape index (κ1) is 21.9. The monoisotopic (exact) mass is 466 g/mol. The lowest BCUT2D eigenvalue weighted by atomic mass is 9.85. The average Bonchev–Trinajstić information content (AvgIpc) is 3.31. The van der Waals surface area contributed by atoms with Crippen LogP contribution in [0.1, 0.15) is 31.7 Å². The number of aromatic amines is 1. The van der Waals surface area contributed by atoms with E-state index in [4.69, 9.17) is 19.5 Å². The number of hydrogen-bond donors (Lipinski definition) is 1. The first-order valence-electron chi connectivity index (χ1n) is 12.3. The first-order valence-corrected chi connectivity index (χ1v) is 12.3. The van der Waals surface area contributed by atoms with Crippen molar-refractivity contribution in [3.8, 4) is 0 Å². The van der Waals surface area contributed by atoms with Crippen LogP contribution in [0.25, 0.3) is 22.2 Å². The standard InChI is InChI=1S/C29H30N4O2/c1-18-16-33(17-19(2)35-18)21-13-11-20(12-14-21)24-15-30-27-22(28(24)34-3)7-6-8-23(27)29-31-25-9-4-5-10-26(25)32-29/h4-6,8-15,18-19,22H,7,16-17H2,1-3H3,(H,31,32). The Kier molecular flexibility index (Phi) is 5.53. The van der Waals surface area contributed by atoms with Crippen LogP contribution in [-0.4, -0.2) is 48.6 Å². The summed E-state index contributed by atoms with van der Waals surface area (Å²) < 4.78 is 11.9. The number of methoxy groups -OCH3 is 1. The molecule has 6 heteroatoms. The number of morpholine rings is 1. The molecule has 3 heterocycles. The number of para-hydroxylation sites is 2. The Morgan fingerprint density at radius 1 is 1.00 bits per heavy atom. The summed E-state index contributed by atoms with van der Waals surface area (Å²) >= 11 is 0. The number of nitrogens with one attached hydrogen (secondary N) is 1. The number of fused-ring (bicyclic) bond motifs is 2. The molecule has 178 valence electrons. The number of nitrogens with zero attached hydrogens (tertiary/aromatic N) is 3. The van der Waals surface area contributed by atoms with Crippen molar-refractivity contribution in [1.29, 1.82) is 0 Å². The number of rotatable bonds is 4. The van der Waals surface area contributed by atoms with Crippen LogP contribution in [0.2, 0.25) is 0 Å². The third-order valence-electron chi connectivity index (χ3n) is 7.00. The Hall–Kier alpha value is -3.64. The van der Waals surface area contributed by atoms with Gasteiger partial charge in [0, 0.05) is 36.1 Å². The molecule has 35 heavy (non-hydrogen) atoms. The van der Waals surface area contributed by atoms with Crippen molar-refractivity contribution >= 4 is 34.1 Å². The van der Waals surface area contributed by atoms with E-state index in [-0.39, 0.29) is 18.1 Å². The molecule has 3 unspecified atom stereocenters. The Labute approximate surface area is 205 Å². The summed E-state index contributed by atoms with van der Waals surface area (Å²) in [7, 11) is 1.76. The molecule has 1 aliphatic carbocycles. The Balaban J connectivity index is 1.33. The molecular weight excluding hydrogens is 436 g/mol. The van der Waals surface area contributed by atoms with Crippen molar-refractivity contribution in [3.05, 3.63) is 83.5 Å². The summed E-state index contributed by atoms with van der Waals surface area (Å²) in [5.74, 6) is 1.86. The lowest BCUT2D eigenvalue weighted by molar-refractivity contribution is -0.00521. The van der Waals surface area contributed by atoms with E-state index in [9.17, 15) is 0 Å². The maximum atomic E-state index is 6.01. The smallest absolute Gasteiger partial charge is 0.140 e. The number of imidazole rings is 1. The fraction of sp³-hybridized carbons (Fsp3) is 0.310. The van der Waals surface area contributed by atoms with Gasteiger partial charge < -0.3 is 19.4 Å². The topological polar surface area (TPSA) is 62.7 Å². The van der Waals surface area contributed by atoms with Gasteiger partial charge in [-0.15, -0.1) is 0 Å². The number of aromatic nitrogens is 2. The Morgan fingerprint density at radius 2 is 1.77 bits per heavy atom. The normalized spacial score (nSPS) is 24.3. The molecular formula is C29H30N4O2. The molecule has 3 aliphatic rings. The molecule has 1 fully saturated rings. The molecule has 0 radical (unpaired) electrons. The van der Waals surface area contributed by atoms with Crippen LogP contribution in [0.5, 0.6) is 0 Å². The summed E-state index contributed by atoms with van der Waals surface area (Å²) in [5.41, 5.74) is 7.37. The quantitative estimate of drug-likeness (QED) is 0.543. The van der Waals surface area contributed by atoms with E-state index in [1.54, 1.807) is 7.11 Å². The molecule has 3 atom stereocenters. The van der Waals surface area contributed by atoms with Gasteiger partial charge in [0.1, 0.15) is 11.6 Å². The minimum atomic E-state index is 0.0637. The summed E-state index contributed by atoms with van der Waals surface area (Å²) in [6, 6.07) is 16.8. The van der Waals surface area contributed by atoms with Crippen LogP contribution in [0.3, 0.4) is 0 Å². The zero-order chi connectivity index (χ0) is 23.9. The highest BCUT2D eigenvalue weighted by atomic mass is 16.5. The summed E-state index contributed by atoms with van der Waals surface area (Å²) in [6.07, 6.45) is 7.58. The van der Waals surface area contributed by atoms with Gasteiger partial charge >= 0.3 is 0 Å². The highest BCUT2D eigenvalue weighted by molar-refractivity contribution is 6.12. The van der Waals surface area contributed by atoms with Crippen molar-refractivity contribution in [1.82, 2.24) is 9.97 Å². The van der Waals surface area contributed by atoms with Crippen molar-refractivity contribution in [2.75, 3.05) is 25.1 Å². The number of ether oxygens (including phenoxy) is 2. The first-order chi connectivity index (χ1) is 17.1. The molecule has 0 bridgehead atoms. The Bertz CT molecular complexity index is 1340. The van der Waals surface area contributed by atoms with E-state index in [0.717, 1.165) is 64.5 Å². The average molecular weight is 467 g/mol. The van der Waals surface area contributed by atoms with Crippen molar-refractivity contribution < 1.29 is 9.47 Å². The van der Waals surface area contributed by atoms with Crippen LogP contribution in [-0.2, 0) is 9.47 Å². The van der Waals surface area contributed by atoms with Gasteiger partial charge in [-0.1, -0.05) is 36.4 Å². The second kappa shape index (κ2) is 8.86. The van der Waals surface area contributed by atoms with Crippen molar-refractivity contribution in [2.45, 2.75) is 32.5 Å². The number of allylic oxidation sites excluding steroid dienone is 4. The maximum absolute atomic E-state index is 6.01. The van der Waals surface area contributed by atoms with E-state index in [1.807, 2.05) is 30.5 Å². The molecule has 1 aromatic heterocycles. The molecule has 0 saturated carbocycles. The largest absolute Gasteiger partial charge is 0.500 e. The molecule has 1 N–H and O–H groups in total. The predicted octanol–water partition coefficient (Wildman–Crippen LogP) is 5.61. The third-order valence-corrected chi connectivity index (χ3v) is 7.00. The second-order valence-corrected chi connectivity index (χ2v) is 9.54. The van der Waals surface area contributed by atoms with Gasteiger partial charge in [-0.05, 0) is 50.1 Å². The lowest BCUT2D eigenvalue weighted by Gasteiger charge is -2.37. The van der Waals surface area contributed by atoms with E-state index in [2.05, 4.69) is 60.1 Å². The van der Waals surface area contributed by atoms with Gasteiger partial charge in [0.05, 0.1) is 42.0 Å². The molecule has 3 aromatic rings. The molecule has 2 aromatic carbocycles. The SMILES string of the molecule is COC1=C(c2ccc(N3CC(C)OC(C)C3)cc2)C=NC2=C(c3nc4ccccc4[nH]3)C=CCC21. The number of aliphatic imine (C=N–C) groups is 1. The van der Waals surface area contributed by atoms with Crippen molar-refractivity contribution in [2.24, 2.45) is 10.9 Å². The number of anilines is 1. The van der Waals surface area contributed by atoms with Gasteiger partial charge in [-0.3, -0.25) is 4.99 Å². The van der Waals surface area contributed by atoms with Crippen LogP contribution in [0, 0.1) is 5.92 Å². The number of benzene rings is 2. The van der Waals surface area contributed by atoms with Gasteiger partial charge in [-0.25, -0.2) is 4.98 Å². The fourth-order valence-corrected chi connectivity index (χ4v) is 5.47. The molecule has 2 aliphatic heterocycles. The molecule has 6 rings (SSSR count).